The van der Waals surface area contributed by atoms with E-state index >= 15 is 0 Å². The summed E-state index contributed by atoms with van der Waals surface area (Å²) in [6.07, 6.45) is 0.310. The zero-order valence-electron chi connectivity index (χ0n) is 12.8. The van der Waals surface area contributed by atoms with Crippen molar-refractivity contribution in [2.75, 3.05) is 18.5 Å². The Morgan fingerprint density at radius 1 is 1.05 bits per heavy atom. The fourth-order valence-electron chi connectivity index (χ4n) is 2.45. The van der Waals surface area contributed by atoms with Gasteiger partial charge in [0.1, 0.15) is 13.2 Å². The quantitative estimate of drug-likeness (QED) is 0.946. The lowest BCUT2D eigenvalue weighted by Crippen LogP contribution is -2.17. The van der Waals surface area contributed by atoms with E-state index in [1.165, 1.54) is 0 Å². The Morgan fingerprint density at radius 3 is 2.64 bits per heavy atom. The van der Waals surface area contributed by atoms with Gasteiger partial charge in [0.15, 0.2) is 11.5 Å². The normalized spacial score (nSPS) is 12.8. The third-order valence-corrected chi connectivity index (χ3v) is 3.64. The van der Waals surface area contributed by atoms with Crippen molar-refractivity contribution in [1.82, 2.24) is 0 Å². The minimum atomic E-state index is -0.0367. The van der Waals surface area contributed by atoms with Crippen LogP contribution in [0.1, 0.15) is 16.7 Å². The number of ether oxygens (including phenoxy) is 2. The fourth-order valence-corrected chi connectivity index (χ4v) is 2.45. The molecule has 0 fully saturated rings. The van der Waals surface area contributed by atoms with Crippen LogP contribution < -0.4 is 14.8 Å². The van der Waals surface area contributed by atoms with Crippen molar-refractivity contribution in [2.24, 2.45) is 0 Å². The van der Waals surface area contributed by atoms with Crippen molar-refractivity contribution in [3.63, 3.8) is 0 Å². The Hall–Kier alpha value is -2.49. The summed E-state index contributed by atoms with van der Waals surface area (Å²) in [6, 6.07) is 11.7. The van der Waals surface area contributed by atoms with Gasteiger partial charge in [-0.15, -0.1) is 0 Å². The van der Waals surface area contributed by atoms with Crippen LogP contribution >= 0.6 is 0 Å². The number of fused-ring (bicyclic) bond motifs is 1. The highest BCUT2D eigenvalue weighted by Gasteiger charge is 2.13. The van der Waals surface area contributed by atoms with Gasteiger partial charge in [0, 0.05) is 5.69 Å². The second-order valence-electron chi connectivity index (χ2n) is 5.52. The molecule has 3 rings (SSSR count). The number of aryl methyl sites for hydroxylation is 2. The van der Waals surface area contributed by atoms with Crippen LogP contribution in [0.15, 0.2) is 36.4 Å². The lowest BCUT2D eigenvalue weighted by Gasteiger charge is -2.18. The third kappa shape index (κ3) is 3.22. The van der Waals surface area contributed by atoms with Crippen LogP contribution in [0, 0.1) is 13.8 Å². The Balaban J connectivity index is 1.70. The molecular weight excluding hydrogens is 278 g/mol. The molecule has 0 unspecified atom stereocenters. The molecule has 1 amide bonds. The number of hydrogen-bond donors (Lipinski definition) is 1. The molecule has 0 bridgehead atoms. The molecule has 0 aromatic heterocycles. The second-order valence-corrected chi connectivity index (χ2v) is 5.52. The molecular formula is C18H19NO3. The van der Waals surface area contributed by atoms with E-state index in [0.717, 1.165) is 28.1 Å². The van der Waals surface area contributed by atoms with E-state index in [9.17, 15) is 4.79 Å². The first kappa shape index (κ1) is 14.4. The Kier molecular flexibility index (Phi) is 4.00. The van der Waals surface area contributed by atoms with Gasteiger partial charge in [-0.25, -0.2) is 0 Å². The summed E-state index contributed by atoms with van der Waals surface area (Å²) in [7, 11) is 0. The topological polar surface area (TPSA) is 47.6 Å². The van der Waals surface area contributed by atoms with Crippen LogP contribution in [-0.2, 0) is 11.2 Å². The maximum Gasteiger partial charge on any atom is 0.228 e. The van der Waals surface area contributed by atoms with Gasteiger partial charge in [-0.3, -0.25) is 4.79 Å². The summed E-state index contributed by atoms with van der Waals surface area (Å²) in [5.41, 5.74) is 3.95. The van der Waals surface area contributed by atoms with E-state index in [-0.39, 0.29) is 5.91 Å². The van der Waals surface area contributed by atoms with Gasteiger partial charge in [-0.05, 0) is 48.7 Å². The average molecular weight is 297 g/mol. The van der Waals surface area contributed by atoms with Crippen LogP contribution in [0.25, 0.3) is 0 Å². The van der Waals surface area contributed by atoms with Crippen molar-refractivity contribution in [2.45, 2.75) is 20.3 Å². The fraction of sp³-hybridized carbons (Fsp3) is 0.278. The van der Waals surface area contributed by atoms with E-state index < -0.39 is 0 Å². The first-order valence-electron chi connectivity index (χ1n) is 7.37. The summed E-state index contributed by atoms with van der Waals surface area (Å²) in [4.78, 5) is 12.2. The van der Waals surface area contributed by atoms with Crippen molar-refractivity contribution in [3.05, 3.63) is 53.1 Å². The number of rotatable bonds is 3. The number of nitrogens with one attached hydrogen (secondary N) is 1. The Morgan fingerprint density at radius 2 is 1.82 bits per heavy atom. The molecule has 1 aliphatic rings. The van der Waals surface area contributed by atoms with Crippen molar-refractivity contribution in [3.8, 4) is 11.5 Å². The van der Waals surface area contributed by atoms with E-state index in [4.69, 9.17) is 9.47 Å². The minimum Gasteiger partial charge on any atom is -0.486 e. The highest BCUT2D eigenvalue weighted by atomic mass is 16.6. The monoisotopic (exact) mass is 297 g/mol. The van der Waals surface area contributed by atoms with Gasteiger partial charge in [-0.2, -0.15) is 0 Å². The molecule has 0 saturated carbocycles. The Labute approximate surface area is 130 Å². The number of hydrogen-bond acceptors (Lipinski definition) is 3. The molecule has 2 aromatic carbocycles. The predicted molar refractivity (Wildman–Crippen MR) is 85.7 cm³/mol. The zero-order chi connectivity index (χ0) is 15.5. The second kappa shape index (κ2) is 6.10. The molecule has 0 atom stereocenters. The number of amides is 1. The van der Waals surface area contributed by atoms with Crippen molar-refractivity contribution >= 4 is 11.6 Å². The summed E-state index contributed by atoms with van der Waals surface area (Å²) in [6.45, 7) is 5.11. The molecule has 0 radical (unpaired) electrons. The SMILES string of the molecule is Cc1ccc(C)c(NC(=O)Cc2ccc3c(c2)OCCO3)c1. The first-order valence-corrected chi connectivity index (χ1v) is 7.37. The van der Waals surface area contributed by atoms with Gasteiger partial charge < -0.3 is 14.8 Å². The van der Waals surface area contributed by atoms with E-state index in [0.29, 0.717) is 25.4 Å². The smallest absolute Gasteiger partial charge is 0.228 e. The summed E-state index contributed by atoms with van der Waals surface area (Å²) < 4.78 is 11.0. The van der Waals surface area contributed by atoms with Crippen LogP contribution in [0.5, 0.6) is 11.5 Å². The number of carbonyl (C=O) groups excluding carboxylic acids is 1. The van der Waals surface area contributed by atoms with Crippen LogP contribution in [0.3, 0.4) is 0 Å². The molecule has 1 N–H and O–H groups in total. The summed E-state index contributed by atoms with van der Waals surface area (Å²) in [5, 5.41) is 2.97. The molecule has 0 spiro atoms. The first-order chi connectivity index (χ1) is 10.6. The largest absolute Gasteiger partial charge is 0.486 e. The highest BCUT2D eigenvalue weighted by molar-refractivity contribution is 5.93. The highest BCUT2D eigenvalue weighted by Crippen LogP contribution is 2.31. The average Bonchev–Trinajstić information content (AvgIpc) is 2.51. The molecule has 4 nitrogen and oxygen atoms in total. The minimum absolute atomic E-state index is 0.0367. The maximum atomic E-state index is 12.2. The molecule has 0 saturated heterocycles. The van der Waals surface area contributed by atoms with Gasteiger partial charge >= 0.3 is 0 Å². The molecule has 114 valence electrons. The molecule has 0 aliphatic carbocycles. The van der Waals surface area contributed by atoms with E-state index in [1.54, 1.807) is 0 Å². The van der Waals surface area contributed by atoms with E-state index in [2.05, 4.69) is 5.32 Å². The predicted octanol–water partition coefficient (Wildman–Crippen LogP) is 3.26. The summed E-state index contributed by atoms with van der Waals surface area (Å²) in [5.74, 6) is 1.42. The van der Waals surface area contributed by atoms with Gasteiger partial charge in [0.2, 0.25) is 5.91 Å². The molecule has 1 heterocycles. The lowest BCUT2D eigenvalue weighted by molar-refractivity contribution is -0.115. The van der Waals surface area contributed by atoms with Gasteiger partial charge in [0.25, 0.3) is 0 Å². The van der Waals surface area contributed by atoms with Crippen LogP contribution in [0.2, 0.25) is 0 Å². The molecule has 22 heavy (non-hydrogen) atoms. The molecule has 2 aromatic rings. The number of anilines is 1. The lowest BCUT2D eigenvalue weighted by atomic mass is 10.1. The molecule has 4 heteroatoms. The van der Waals surface area contributed by atoms with Crippen molar-refractivity contribution < 1.29 is 14.3 Å². The van der Waals surface area contributed by atoms with Crippen LogP contribution in [-0.4, -0.2) is 19.1 Å². The third-order valence-electron chi connectivity index (χ3n) is 3.64. The standard InChI is InChI=1S/C18H19NO3/c1-12-3-4-13(2)15(9-12)19-18(20)11-14-5-6-16-17(10-14)22-8-7-21-16/h3-6,9-10H,7-8,11H2,1-2H3,(H,19,20). The van der Waals surface area contributed by atoms with Gasteiger partial charge in [-0.1, -0.05) is 18.2 Å². The van der Waals surface area contributed by atoms with Crippen LogP contribution in [0.4, 0.5) is 5.69 Å². The number of carbonyl (C=O) groups is 1. The zero-order valence-corrected chi connectivity index (χ0v) is 12.8. The van der Waals surface area contributed by atoms with Gasteiger partial charge in [0.05, 0.1) is 6.42 Å². The van der Waals surface area contributed by atoms with E-state index in [1.807, 2.05) is 50.2 Å². The molecule has 1 aliphatic heterocycles. The number of benzene rings is 2. The van der Waals surface area contributed by atoms with Crippen molar-refractivity contribution in [1.29, 1.82) is 0 Å². The summed E-state index contributed by atoms with van der Waals surface area (Å²) >= 11 is 0. The maximum absolute atomic E-state index is 12.2. The Bertz CT molecular complexity index is 709.